The standard InChI is InChI=1S/C20H16N6/c1-13-7-8-14(11-21-13)18-15-9-10-25(2)19(15)24-20(23-18)26-12-22-16-5-3-4-6-17(16)26/h3-12H,1-2H3. The second-order valence-corrected chi connectivity index (χ2v) is 6.33. The van der Waals surface area contributed by atoms with Gasteiger partial charge in [-0.15, -0.1) is 0 Å². The summed E-state index contributed by atoms with van der Waals surface area (Å²) in [5.41, 5.74) is 5.60. The van der Waals surface area contributed by atoms with Crippen LogP contribution >= 0.6 is 0 Å². The molecule has 4 aromatic heterocycles. The highest BCUT2D eigenvalue weighted by Crippen LogP contribution is 2.28. The number of aryl methyl sites for hydroxylation is 2. The molecule has 0 aliphatic heterocycles. The van der Waals surface area contributed by atoms with Crippen molar-refractivity contribution in [3.8, 4) is 17.2 Å². The fourth-order valence-corrected chi connectivity index (χ4v) is 3.18. The molecule has 1 aromatic carbocycles. The maximum absolute atomic E-state index is 4.87. The van der Waals surface area contributed by atoms with Gasteiger partial charge in [0.25, 0.3) is 0 Å². The van der Waals surface area contributed by atoms with Crippen molar-refractivity contribution < 1.29 is 0 Å². The van der Waals surface area contributed by atoms with Crippen molar-refractivity contribution in [1.82, 2.24) is 29.1 Å². The molecule has 0 amide bonds. The van der Waals surface area contributed by atoms with Gasteiger partial charge in [0.1, 0.15) is 12.0 Å². The summed E-state index contributed by atoms with van der Waals surface area (Å²) in [6.45, 7) is 1.98. The van der Waals surface area contributed by atoms with Crippen LogP contribution in [0, 0.1) is 6.92 Å². The highest BCUT2D eigenvalue weighted by molar-refractivity contribution is 5.91. The number of aromatic nitrogens is 6. The molecule has 6 nitrogen and oxygen atoms in total. The van der Waals surface area contributed by atoms with E-state index in [0.717, 1.165) is 39.0 Å². The van der Waals surface area contributed by atoms with Crippen LogP contribution in [0.2, 0.25) is 0 Å². The lowest BCUT2D eigenvalue weighted by Crippen LogP contribution is -2.03. The summed E-state index contributed by atoms with van der Waals surface area (Å²) >= 11 is 0. The van der Waals surface area contributed by atoms with E-state index in [1.54, 1.807) is 6.33 Å². The first-order valence-electron chi connectivity index (χ1n) is 8.39. The number of hydrogen-bond donors (Lipinski definition) is 0. The Morgan fingerprint density at radius 2 is 1.81 bits per heavy atom. The minimum Gasteiger partial charge on any atom is -0.335 e. The molecule has 0 aliphatic rings. The van der Waals surface area contributed by atoms with Gasteiger partial charge in [0.15, 0.2) is 0 Å². The largest absolute Gasteiger partial charge is 0.335 e. The minimum atomic E-state index is 0.601. The fraction of sp³-hybridized carbons (Fsp3) is 0.100. The Hall–Kier alpha value is -3.54. The number of para-hydroxylation sites is 2. The molecule has 26 heavy (non-hydrogen) atoms. The maximum Gasteiger partial charge on any atom is 0.238 e. The lowest BCUT2D eigenvalue weighted by atomic mass is 10.1. The molecule has 5 aromatic rings. The van der Waals surface area contributed by atoms with Gasteiger partial charge in [0.2, 0.25) is 5.95 Å². The Balaban J connectivity index is 1.81. The van der Waals surface area contributed by atoms with Crippen LogP contribution in [0.25, 0.3) is 39.3 Å². The third kappa shape index (κ3) is 2.19. The first-order chi connectivity index (χ1) is 12.7. The molecule has 0 saturated carbocycles. The zero-order valence-corrected chi connectivity index (χ0v) is 14.5. The Morgan fingerprint density at radius 1 is 0.923 bits per heavy atom. The van der Waals surface area contributed by atoms with E-state index in [0.29, 0.717) is 5.95 Å². The monoisotopic (exact) mass is 340 g/mol. The summed E-state index contributed by atoms with van der Waals surface area (Å²) < 4.78 is 3.93. The molecule has 4 heterocycles. The number of imidazole rings is 1. The summed E-state index contributed by atoms with van der Waals surface area (Å²) in [4.78, 5) is 18.5. The van der Waals surface area contributed by atoms with Gasteiger partial charge in [-0.3, -0.25) is 9.55 Å². The third-order valence-corrected chi connectivity index (χ3v) is 4.57. The quantitative estimate of drug-likeness (QED) is 0.492. The summed E-state index contributed by atoms with van der Waals surface area (Å²) in [7, 11) is 1.99. The molecular formula is C20H16N6. The SMILES string of the molecule is Cc1ccc(-c2nc(-n3cnc4ccccc43)nc3c2ccn3C)cn1. The predicted octanol–water partition coefficient (Wildman–Crippen LogP) is 3.68. The van der Waals surface area contributed by atoms with E-state index >= 15 is 0 Å². The van der Waals surface area contributed by atoms with Crippen molar-refractivity contribution in [2.45, 2.75) is 6.92 Å². The van der Waals surface area contributed by atoms with E-state index in [-0.39, 0.29) is 0 Å². The van der Waals surface area contributed by atoms with Crippen LogP contribution in [0.5, 0.6) is 0 Å². The van der Waals surface area contributed by atoms with Gasteiger partial charge >= 0.3 is 0 Å². The van der Waals surface area contributed by atoms with Crippen molar-refractivity contribution in [3.63, 3.8) is 0 Å². The highest BCUT2D eigenvalue weighted by atomic mass is 15.2. The Morgan fingerprint density at radius 3 is 2.65 bits per heavy atom. The molecule has 0 fully saturated rings. The zero-order chi connectivity index (χ0) is 17.7. The molecule has 0 bridgehead atoms. The van der Waals surface area contributed by atoms with Gasteiger partial charge in [-0.05, 0) is 37.3 Å². The first kappa shape index (κ1) is 14.8. The third-order valence-electron chi connectivity index (χ3n) is 4.57. The number of fused-ring (bicyclic) bond motifs is 2. The maximum atomic E-state index is 4.87. The van der Waals surface area contributed by atoms with Crippen molar-refractivity contribution in [2.24, 2.45) is 7.05 Å². The second kappa shape index (κ2) is 5.49. The number of nitrogens with zero attached hydrogens (tertiary/aromatic N) is 6. The van der Waals surface area contributed by atoms with Crippen LogP contribution in [-0.2, 0) is 7.05 Å². The lowest BCUT2D eigenvalue weighted by Gasteiger charge is -2.09. The average Bonchev–Trinajstić information content (AvgIpc) is 3.26. The van der Waals surface area contributed by atoms with Gasteiger partial charge in [-0.25, -0.2) is 9.97 Å². The van der Waals surface area contributed by atoms with Crippen molar-refractivity contribution in [3.05, 3.63) is 66.9 Å². The van der Waals surface area contributed by atoms with Crippen LogP contribution in [0.3, 0.4) is 0 Å². The van der Waals surface area contributed by atoms with Crippen molar-refractivity contribution >= 4 is 22.1 Å². The van der Waals surface area contributed by atoms with E-state index in [2.05, 4.69) is 9.97 Å². The number of rotatable bonds is 2. The molecule has 0 atom stereocenters. The summed E-state index contributed by atoms with van der Waals surface area (Å²) in [5.74, 6) is 0.601. The Bertz CT molecular complexity index is 1250. The topological polar surface area (TPSA) is 61.4 Å². The average molecular weight is 340 g/mol. The molecule has 0 N–H and O–H groups in total. The van der Waals surface area contributed by atoms with Gasteiger partial charge in [-0.1, -0.05) is 12.1 Å². The van der Waals surface area contributed by atoms with Gasteiger partial charge in [-0.2, -0.15) is 4.98 Å². The van der Waals surface area contributed by atoms with E-state index in [4.69, 9.17) is 9.97 Å². The van der Waals surface area contributed by atoms with Crippen LogP contribution in [0.1, 0.15) is 5.69 Å². The van der Waals surface area contributed by atoms with Crippen LogP contribution in [-0.4, -0.2) is 29.1 Å². The lowest BCUT2D eigenvalue weighted by molar-refractivity contribution is 0.912. The van der Waals surface area contributed by atoms with Crippen molar-refractivity contribution in [2.75, 3.05) is 0 Å². The molecule has 126 valence electrons. The predicted molar refractivity (Wildman–Crippen MR) is 101 cm³/mol. The zero-order valence-electron chi connectivity index (χ0n) is 14.5. The minimum absolute atomic E-state index is 0.601. The molecule has 0 spiro atoms. The van der Waals surface area contributed by atoms with E-state index in [9.17, 15) is 0 Å². The normalized spacial score (nSPS) is 11.5. The molecule has 0 aliphatic carbocycles. The second-order valence-electron chi connectivity index (χ2n) is 6.33. The summed E-state index contributed by atoms with van der Waals surface area (Å²) in [5, 5.41) is 1.01. The molecular weight excluding hydrogens is 324 g/mol. The number of pyridine rings is 1. The number of hydrogen-bond acceptors (Lipinski definition) is 4. The van der Waals surface area contributed by atoms with Crippen molar-refractivity contribution in [1.29, 1.82) is 0 Å². The van der Waals surface area contributed by atoms with Crippen LogP contribution in [0.4, 0.5) is 0 Å². The Kier molecular flexibility index (Phi) is 3.12. The van der Waals surface area contributed by atoms with E-state index in [1.807, 2.05) is 78.0 Å². The van der Waals surface area contributed by atoms with Gasteiger partial charge < -0.3 is 4.57 Å². The smallest absolute Gasteiger partial charge is 0.238 e. The highest BCUT2D eigenvalue weighted by Gasteiger charge is 2.15. The van der Waals surface area contributed by atoms with Gasteiger partial charge in [0.05, 0.1) is 16.7 Å². The summed E-state index contributed by atoms with van der Waals surface area (Å²) in [6, 6.07) is 14.1. The fourth-order valence-electron chi connectivity index (χ4n) is 3.18. The molecule has 0 radical (unpaired) electrons. The molecule has 0 saturated heterocycles. The van der Waals surface area contributed by atoms with E-state index in [1.165, 1.54) is 0 Å². The molecule has 0 unspecified atom stereocenters. The molecule has 6 heteroatoms. The molecule has 5 rings (SSSR count). The van der Waals surface area contributed by atoms with E-state index < -0.39 is 0 Å². The van der Waals surface area contributed by atoms with Crippen LogP contribution < -0.4 is 0 Å². The summed E-state index contributed by atoms with van der Waals surface area (Å²) in [6.07, 6.45) is 5.63. The van der Waals surface area contributed by atoms with Gasteiger partial charge in [0, 0.05) is 36.1 Å². The van der Waals surface area contributed by atoms with Crippen LogP contribution in [0.15, 0.2) is 61.2 Å². The Labute approximate surface area is 149 Å². The first-order valence-corrected chi connectivity index (χ1v) is 8.39. The number of benzene rings is 1.